The number of ether oxygens (including phenoxy) is 4. The predicted molar refractivity (Wildman–Crippen MR) is 242 cm³/mol. The van der Waals surface area contributed by atoms with Gasteiger partial charge in [0, 0.05) is 23.3 Å². The molecular formula is C52H42N4O11. The van der Waals surface area contributed by atoms with Gasteiger partial charge < -0.3 is 29.8 Å². The number of hydrogen-bond donors (Lipinski definition) is 2. The van der Waals surface area contributed by atoms with Crippen molar-refractivity contribution in [1.29, 1.82) is 0 Å². The molecule has 3 amide bonds. The number of hydrogen-bond acceptors (Lipinski definition) is 12. The van der Waals surface area contributed by atoms with Crippen LogP contribution in [0.15, 0.2) is 152 Å². The summed E-state index contributed by atoms with van der Waals surface area (Å²) in [6, 6.07) is 39.0. The Morgan fingerprint density at radius 2 is 1.42 bits per heavy atom. The number of methoxy groups -OCH3 is 1. The van der Waals surface area contributed by atoms with Crippen molar-refractivity contribution in [2.75, 3.05) is 25.2 Å². The van der Waals surface area contributed by atoms with Crippen LogP contribution in [0.5, 0.6) is 11.5 Å². The molecule has 15 heteroatoms. The van der Waals surface area contributed by atoms with Crippen molar-refractivity contribution in [2.24, 2.45) is 11.7 Å². The van der Waals surface area contributed by atoms with E-state index >= 15 is 4.79 Å². The molecule has 3 aliphatic heterocycles. The van der Waals surface area contributed by atoms with Gasteiger partial charge >= 0.3 is 12.1 Å². The summed E-state index contributed by atoms with van der Waals surface area (Å²) in [5.41, 5.74) is 7.72. The van der Waals surface area contributed by atoms with Crippen LogP contribution >= 0.6 is 0 Å². The van der Waals surface area contributed by atoms with Crippen LogP contribution in [-0.4, -0.2) is 65.2 Å². The van der Waals surface area contributed by atoms with Crippen molar-refractivity contribution in [3.05, 3.63) is 201 Å². The van der Waals surface area contributed by atoms with Gasteiger partial charge in [0.25, 0.3) is 5.69 Å². The molecule has 0 radical (unpaired) electrons. The highest BCUT2D eigenvalue weighted by Crippen LogP contribution is 2.65. The van der Waals surface area contributed by atoms with E-state index in [1.807, 2.05) is 65.6 Å². The maximum absolute atomic E-state index is 16.1. The second-order valence-electron chi connectivity index (χ2n) is 16.1. The van der Waals surface area contributed by atoms with E-state index in [-0.39, 0.29) is 36.8 Å². The van der Waals surface area contributed by atoms with E-state index in [4.69, 9.17) is 24.7 Å². The zero-order valence-electron chi connectivity index (χ0n) is 35.9. The van der Waals surface area contributed by atoms with Gasteiger partial charge in [0.15, 0.2) is 0 Å². The summed E-state index contributed by atoms with van der Waals surface area (Å²) in [6.45, 7) is -0.604. The molecule has 2 saturated heterocycles. The third-order valence-corrected chi connectivity index (χ3v) is 12.5. The van der Waals surface area contributed by atoms with Crippen LogP contribution < -0.4 is 20.1 Å². The molecule has 336 valence electrons. The number of nitrogens with zero attached hydrogens (tertiary/aromatic N) is 3. The topological polar surface area (TPSA) is 201 Å². The highest BCUT2D eigenvalue weighted by atomic mass is 16.6. The lowest BCUT2D eigenvalue weighted by Gasteiger charge is -2.46. The first-order valence-electron chi connectivity index (χ1n) is 21.3. The molecule has 6 aromatic carbocycles. The van der Waals surface area contributed by atoms with E-state index in [1.54, 1.807) is 73.8 Å². The number of non-ortho nitro benzene ring substituents is 1. The third-order valence-electron chi connectivity index (χ3n) is 12.5. The van der Waals surface area contributed by atoms with Crippen molar-refractivity contribution < 1.29 is 48.2 Å². The molecule has 3 N–H and O–H groups in total. The number of cyclic esters (lactones) is 1. The number of amides is 3. The van der Waals surface area contributed by atoms with Crippen LogP contribution in [-0.2, 0) is 35.9 Å². The number of aliphatic hydroxyl groups excluding tert-OH is 1. The lowest BCUT2D eigenvalue weighted by molar-refractivity contribution is -0.384. The van der Waals surface area contributed by atoms with Gasteiger partial charge in [-0.2, -0.15) is 0 Å². The molecule has 0 aromatic heterocycles. The molecule has 0 unspecified atom stereocenters. The number of rotatable bonds is 11. The molecule has 0 aliphatic carbocycles. The number of carbonyl (C=O) groups is 4. The minimum atomic E-state index is -2.12. The summed E-state index contributed by atoms with van der Waals surface area (Å²) >= 11 is 0. The number of carbonyl (C=O) groups excluding carboxylic acids is 4. The zero-order valence-corrected chi connectivity index (χ0v) is 35.9. The van der Waals surface area contributed by atoms with Gasteiger partial charge in [0.2, 0.25) is 11.8 Å². The normalized spacial score (nSPS) is 21.6. The first-order valence-corrected chi connectivity index (χ1v) is 21.3. The van der Waals surface area contributed by atoms with E-state index in [1.165, 1.54) is 24.3 Å². The molecule has 15 nitrogen and oxygen atoms in total. The van der Waals surface area contributed by atoms with Crippen LogP contribution in [0.1, 0.15) is 57.1 Å². The van der Waals surface area contributed by atoms with Crippen LogP contribution in [0.25, 0.3) is 0 Å². The number of benzene rings is 6. The Morgan fingerprint density at radius 3 is 2.04 bits per heavy atom. The molecule has 3 heterocycles. The fourth-order valence-corrected chi connectivity index (χ4v) is 9.65. The first kappa shape index (κ1) is 43.9. The third kappa shape index (κ3) is 7.88. The lowest BCUT2D eigenvalue weighted by atomic mass is 9.65. The van der Waals surface area contributed by atoms with Crippen molar-refractivity contribution in [3.63, 3.8) is 0 Å². The van der Waals surface area contributed by atoms with Gasteiger partial charge in [-0.3, -0.25) is 29.4 Å². The summed E-state index contributed by atoms with van der Waals surface area (Å²) in [4.78, 5) is 73.7. The second-order valence-corrected chi connectivity index (χ2v) is 16.1. The number of imide groups is 1. The smallest absolute Gasteiger partial charge is 0.421 e. The molecule has 0 bridgehead atoms. The standard InChI is InChI=1S/C52H42N4O11/c1-64-39-23-16-32(17-24-39)12-13-33-18-27-42-41(30-33)52(50(60)54(42)51(61)66-31-34-14-21-38(22-15-34)56(62)63)43(48(53)58)45-49(59)67-46(36-10-6-3-7-11-36)44(35-8-4-2-5-9-35)55(45)47(52)37-19-25-40(26-20-37)65-29-28-57/h2-11,14-27,30,43-47,57H,28-29,31H2,1H3,(H2,53,58)/t43-,44-,45-,46+,47+,52-/m1/s1. The SMILES string of the molecule is COc1ccc(C#Cc2ccc3c(c2)[C@]2(C(=O)N3C(=O)OCc3ccc([N+](=O)[O-])cc3)[C@H](c3ccc(OCCO)cc3)N3[C@H](c4ccccc4)[C@H](c4ccccc4)OC(=O)[C@H]3[C@@H]2C(N)=O)cc1. The Balaban J connectivity index is 1.28. The summed E-state index contributed by atoms with van der Waals surface area (Å²) in [7, 11) is 1.56. The maximum Gasteiger partial charge on any atom is 0.421 e. The summed E-state index contributed by atoms with van der Waals surface area (Å²) in [6.07, 6.45) is -2.06. The quantitative estimate of drug-likeness (QED) is 0.0593. The number of nitro benzene ring substituents is 1. The van der Waals surface area contributed by atoms with Crippen molar-refractivity contribution in [1.82, 2.24) is 4.90 Å². The highest BCUT2D eigenvalue weighted by Gasteiger charge is 2.75. The number of aliphatic hydroxyl groups is 1. The molecule has 6 aromatic rings. The predicted octanol–water partition coefficient (Wildman–Crippen LogP) is 6.86. The van der Waals surface area contributed by atoms with Gasteiger partial charge in [0.05, 0.1) is 42.3 Å². The summed E-state index contributed by atoms with van der Waals surface area (Å²) < 4.78 is 23.2. The highest BCUT2D eigenvalue weighted by molar-refractivity contribution is 6.23. The average molecular weight is 899 g/mol. The molecule has 9 rings (SSSR count). The first-order chi connectivity index (χ1) is 32.5. The number of anilines is 1. The van der Waals surface area contributed by atoms with Crippen LogP contribution in [0, 0.1) is 27.9 Å². The van der Waals surface area contributed by atoms with Crippen molar-refractivity contribution in [2.45, 2.75) is 36.3 Å². The Bertz CT molecular complexity index is 2920. The summed E-state index contributed by atoms with van der Waals surface area (Å²) in [5.74, 6) is 3.00. The monoisotopic (exact) mass is 898 g/mol. The molecule has 3 aliphatic rings. The van der Waals surface area contributed by atoms with Gasteiger partial charge in [-0.05, 0) is 94.5 Å². The van der Waals surface area contributed by atoms with Gasteiger partial charge in [-0.25, -0.2) is 9.69 Å². The molecule has 2 fully saturated rings. The molecule has 0 saturated carbocycles. The van der Waals surface area contributed by atoms with Crippen LogP contribution in [0.2, 0.25) is 0 Å². The van der Waals surface area contributed by atoms with E-state index in [0.29, 0.717) is 44.9 Å². The number of nitro groups is 1. The number of esters is 1. The zero-order chi connectivity index (χ0) is 46.8. The number of primary amides is 1. The Hall–Kier alpha value is -8.32. The fourth-order valence-electron chi connectivity index (χ4n) is 9.65. The number of fused-ring (bicyclic) bond motifs is 3. The largest absolute Gasteiger partial charge is 0.497 e. The second kappa shape index (κ2) is 18.3. The molecule has 6 atom stereocenters. The van der Waals surface area contributed by atoms with Crippen molar-refractivity contribution in [3.8, 4) is 23.3 Å². The molecule has 67 heavy (non-hydrogen) atoms. The Labute approximate surface area is 384 Å². The minimum absolute atomic E-state index is 0.00842. The Kier molecular flexibility index (Phi) is 12.0. The molecule has 1 spiro atoms. The van der Waals surface area contributed by atoms with Gasteiger partial charge in [-0.15, -0.1) is 0 Å². The minimum Gasteiger partial charge on any atom is -0.497 e. The van der Waals surface area contributed by atoms with Crippen molar-refractivity contribution >= 4 is 35.3 Å². The van der Waals surface area contributed by atoms with Gasteiger partial charge in [-0.1, -0.05) is 84.6 Å². The van der Waals surface area contributed by atoms with Crippen LogP contribution in [0.4, 0.5) is 16.2 Å². The fraction of sp³-hybridized carbons (Fsp3) is 0.192. The summed E-state index contributed by atoms with van der Waals surface area (Å²) in [5, 5.41) is 20.9. The van der Waals surface area contributed by atoms with E-state index < -0.39 is 64.4 Å². The Morgan fingerprint density at radius 1 is 0.791 bits per heavy atom. The van der Waals surface area contributed by atoms with Crippen LogP contribution in [0.3, 0.4) is 0 Å². The molecular weight excluding hydrogens is 857 g/mol. The average Bonchev–Trinajstić information content (AvgIpc) is 3.81. The van der Waals surface area contributed by atoms with Gasteiger partial charge in [0.1, 0.15) is 42.3 Å². The maximum atomic E-state index is 16.1. The number of morpholine rings is 1. The number of nitrogens with two attached hydrogens (primary N) is 1. The lowest BCUT2D eigenvalue weighted by Crippen LogP contribution is -2.55. The van der Waals surface area contributed by atoms with E-state index in [0.717, 1.165) is 4.90 Å². The van der Waals surface area contributed by atoms with E-state index in [9.17, 15) is 29.6 Å². The van der Waals surface area contributed by atoms with E-state index in [2.05, 4.69) is 11.8 Å².